The molecule has 0 aliphatic carbocycles. The molecule has 1 atom stereocenters. The van der Waals surface area contributed by atoms with E-state index in [9.17, 15) is 9.18 Å². The standard InChI is InChI=1S/C22H23FN4O2/c1-29-12-11-17(18-7-2-3-8-19(18)23)14-25-21-10-9-20(26-27-21)15-5-4-6-16(13-15)22(24)28/h2-10,13,17H,11-12,14H2,1H3,(H2,24,28)(H,25,27). The topological polar surface area (TPSA) is 90.1 Å². The van der Waals surface area contributed by atoms with Gasteiger partial charge in [0.2, 0.25) is 5.91 Å². The highest BCUT2D eigenvalue weighted by Crippen LogP contribution is 2.24. The van der Waals surface area contributed by atoms with E-state index in [2.05, 4.69) is 15.5 Å². The van der Waals surface area contributed by atoms with Crippen molar-refractivity contribution < 1.29 is 13.9 Å². The number of ether oxygens (including phenoxy) is 1. The molecule has 1 aromatic heterocycles. The molecule has 3 N–H and O–H groups in total. The van der Waals surface area contributed by atoms with E-state index in [-0.39, 0.29) is 11.7 Å². The molecule has 150 valence electrons. The molecule has 0 aliphatic rings. The first kappa shape index (κ1) is 20.4. The maximum atomic E-state index is 14.2. The number of anilines is 1. The molecular formula is C22H23FN4O2. The van der Waals surface area contributed by atoms with Gasteiger partial charge in [0.25, 0.3) is 0 Å². The molecule has 1 heterocycles. The molecule has 1 amide bonds. The molecule has 3 aromatic rings. The summed E-state index contributed by atoms with van der Waals surface area (Å²) >= 11 is 0. The fraction of sp³-hybridized carbons (Fsp3) is 0.227. The molecule has 2 aromatic carbocycles. The zero-order valence-electron chi connectivity index (χ0n) is 16.1. The van der Waals surface area contributed by atoms with Gasteiger partial charge in [-0.1, -0.05) is 30.3 Å². The Labute approximate surface area is 168 Å². The summed E-state index contributed by atoms with van der Waals surface area (Å²) in [4.78, 5) is 11.3. The maximum absolute atomic E-state index is 14.2. The van der Waals surface area contributed by atoms with Gasteiger partial charge < -0.3 is 15.8 Å². The zero-order valence-corrected chi connectivity index (χ0v) is 16.1. The summed E-state index contributed by atoms with van der Waals surface area (Å²) in [5, 5.41) is 11.6. The second-order valence-electron chi connectivity index (χ2n) is 6.63. The van der Waals surface area contributed by atoms with Crippen molar-refractivity contribution in [2.24, 2.45) is 5.73 Å². The smallest absolute Gasteiger partial charge is 0.248 e. The number of nitrogens with one attached hydrogen (secondary N) is 1. The number of halogens is 1. The van der Waals surface area contributed by atoms with Crippen molar-refractivity contribution in [1.29, 1.82) is 0 Å². The number of nitrogens with zero attached hydrogens (tertiary/aromatic N) is 2. The highest BCUT2D eigenvalue weighted by Gasteiger charge is 2.16. The molecule has 7 heteroatoms. The average Bonchev–Trinajstić information content (AvgIpc) is 2.75. The van der Waals surface area contributed by atoms with Crippen molar-refractivity contribution in [2.45, 2.75) is 12.3 Å². The minimum atomic E-state index is -0.492. The Morgan fingerprint density at radius 2 is 1.97 bits per heavy atom. The summed E-state index contributed by atoms with van der Waals surface area (Å²) in [5.74, 6) is -0.206. The Balaban J connectivity index is 1.70. The molecular weight excluding hydrogens is 371 g/mol. The lowest BCUT2D eigenvalue weighted by Crippen LogP contribution is -2.16. The number of nitrogens with two attached hydrogens (primary N) is 1. The lowest BCUT2D eigenvalue weighted by atomic mass is 9.95. The number of benzene rings is 2. The van der Waals surface area contributed by atoms with Crippen molar-refractivity contribution in [1.82, 2.24) is 10.2 Å². The van der Waals surface area contributed by atoms with E-state index in [0.29, 0.717) is 42.2 Å². The highest BCUT2D eigenvalue weighted by molar-refractivity contribution is 5.93. The summed E-state index contributed by atoms with van der Waals surface area (Å²) in [6.07, 6.45) is 0.676. The van der Waals surface area contributed by atoms with Crippen LogP contribution in [0.2, 0.25) is 0 Å². The van der Waals surface area contributed by atoms with E-state index in [1.54, 1.807) is 43.5 Å². The van der Waals surface area contributed by atoms with Crippen molar-refractivity contribution in [2.75, 3.05) is 25.6 Å². The van der Waals surface area contributed by atoms with Crippen LogP contribution in [0.5, 0.6) is 0 Å². The third kappa shape index (κ3) is 5.36. The second kappa shape index (κ2) is 9.75. The minimum Gasteiger partial charge on any atom is -0.385 e. The number of carbonyl (C=O) groups excluding carboxylic acids is 1. The van der Waals surface area contributed by atoms with Crippen LogP contribution in [-0.2, 0) is 4.74 Å². The molecule has 6 nitrogen and oxygen atoms in total. The summed E-state index contributed by atoms with van der Waals surface area (Å²) in [6.45, 7) is 1.02. The minimum absolute atomic E-state index is 0.0649. The van der Waals surface area contributed by atoms with Crippen LogP contribution in [0.4, 0.5) is 10.2 Å². The Morgan fingerprint density at radius 3 is 2.66 bits per heavy atom. The first-order chi connectivity index (χ1) is 14.1. The van der Waals surface area contributed by atoms with Gasteiger partial charge in [0.1, 0.15) is 11.6 Å². The van der Waals surface area contributed by atoms with Crippen LogP contribution in [0, 0.1) is 5.82 Å². The van der Waals surface area contributed by atoms with Crippen molar-refractivity contribution in [3.63, 3.8) is 0 Å². The van der Waals surface area contributed by atoms with Gasteiger partial charge in [0.05, 0.1) is 5.69 Å². The van der Waals surface area contributed by atoms with E-state index in [4.69, 9.17) is 10.5 Å². The average molecular weight is 394 g/mol. The Kier molecular flexibility index (Phi) is 6.86. The normalized spacial score (nSPS) is 11.8. The first-order valence-electron chi connectivity index (χ1n) is 9.29. The van der Waals surface area contributed by atoms with Gasteiger partial charge in [0, 0.05) is 37.3 Å². The molecule has 0 radical (unpaired) electrons. The fourth-order valence-corrected chi connectivity index (χ4v) is 3.07. The molecule has 1 unspecified atom stereocenters. The first-order valence-corrected chi connectivity index (χ1v) is 9.29. The second-order valence-corrected chi connectivity index (χ2v) is 6.63. The van der Waals surface area contributed by atoms with E-state index < -0.39 is 5.91 Å². The highest BCUT2D eigenvalue weighted by atomic mass is 19.1. The Bertz CT molecular complexity index is 963. The zero-order chi connectivity index (χ0) is 20.6. The van der Waals surface area contributed by atoms with Gasteiger partial charge in [-0.25, -0.2) is 4.39 Å². The number of primary amides is 1. The summed E-state index contributed by atoms with van der Waals surface area (Å²) < 4.78 is 19.4. The number of aromatic nitrogens is 2. The molecule has 0 saturated carbocycles. The molecule has 29 heavy (non-hydrogen) atoms. The Hall–Kier alpha value is -3.32. The number of hydrogen-bond donors (Lipinski definition) is 2. The van der Waals surface area contributed by atoms with Crippen LogP contribution < -0.4 is 11.1 Å². The van der Waals surface area contributed by atoms with Gasteiger partial charge in [-0.3, -0.25) is 4.79 Å². The van der Waals surface area contributed by atoms with Gasteiger partial charge >= 0.3 is 0 Å². The van der Waals surface area contributed by atoms with Crippen molar-refractivity contribution in [3.8, 4) is 11.3 Å². The number of rotatable bonds is 9. The fourth-order valence-electron chi connectivity index (χ4n) is 3.07. The maximum Gasteiger partial charge on any atom is 0.248 e. The van der Waals surface area contributed by atoms with Crippen LogP contribution in [0.1, 0.15) is 28.3 Å². The van der Waals surface area contributed by atoms with E-state index in [0.717, 1.165) is 5.56 Å². The molecule has 0 spiro atoms. The predicted molar refractivity (Wildman–Crippen MR) is 110 cm³/mol. The van der Waals surface area contributed by atoms with Crippen molar-refractivity contribution in [3.05, 3.63) is 77.6 Å². The van der Waals surface area contributed by atoms with E-state index >= 15 is 0 Å². The van der Waals surface area contributed by atoms with Crippen LogP contribution in [0.15, 0.2) is 60.7 Å². The van der Waals surface area contributed by atoms with Crippen LogP contribution >= 0.6 is 0 Å². The SMILES string of the molecule is COCCC(CNc1ccc(-c2cccc(C(N)=O)c2)nn1)c1ccccc1F. The number of amides is 1. The Morgan fingerprint density at radius 1 is 1.14 bits per heavy atom. The lowest BCUT2D eigenvalue weighted by Gasteiger charge is -2.18. The van der Waals surface area contributed by atoms with E-state index in [1.807, 2.05) is 18.2 Å². The van der Waals surface area contributed by atoms with Gasteiger partial charge in [0.15, 0.2) is 0 Å². The molecule has 0 aliphatic heterocycles. The van der Waals surface area contributed by atoms with Crippen LogP contribution in [-0.4, -0.2) is 36.4 Å². The van der Waals surface area contributed by atoms with E-state index in [1.165, 1.54) is 6.07 Å². The third-order valence-corrected chi connectivity index (χ3v) is 4.65. The number of carbonyl (C=O) groups is 1. The summed E-state index contributed by atoms with van der Waals surface area (Å²) in [6, 6.07) is 17.3. The largest absolute Gasteiger partial charge is 0.385 e. The third-order valence-electron chi connectivity index (χ3n) is 4.65. The van der Waals surface area contributed by atoms with Crippen molar-refractivity contribution >= 4 is 11.7 Å². The summed E-state index contributed by atoms with van der Waals surface area (Å²) in [5.41, 5.74) is 7.77. The number of methoxy groups -OCH3 is 1. The molecule has 3 rings (SSSR count). The van der Waals surface area contributed by atoms with Crippen LogP contribution in [0.25, 0.3) is 11.3 Å². The summed E-state index contributed by atoms with van der Waals surface area (Å²) in [7, 11) is 1.63. The van der Waals surface area contributed by atoms with Gasteiger partial charge in [-0.15, -0.1) is 10.2 Å². The quantitative estimate of drug-likeness (QED) is 0.579. The molecule has 0 saturated heterocycles. The lowest BCUT2D eigenvalue weighted by molar-refractivity contribution is 0.100. The molecule has 0 fully saturated rings. The monoisotopic (exact) mass is 394 g/mol. The predicted octanol–water partition coefficient (Wildman–Crippen LogP) is 3.61. The van der Waals surface area contributed by atoms with Gasteiger partial charge in [-0.05, 0) is 42.3 Å². The molecule has 0 bridgehead atoms. The van der Waals surface area contributed by atoms with Gasteiger partial charge in [-0.2, -0.15) is 0 Å². The van der Waals surface area contributed by atoms with Crippen LogP contribution in [0.3, 0.4) is 0 Å². The number of hydrogen-bond acceptors (Lipinski definition) is 5.